The van der Waals surface area contributed by atoms with Crippen molar-refractivity contribution in [1.29, 1.82) is 0 Å². The van der Waals surface area contributed by atoms with Gasteiger partial charge in [0.15, 0.2) is 0 Å². The van der Waals surface area contributed by atoms with Gasteiger partial charge in [0.1, 0.15) is 0 Å². The molecule has 1 aliphatic rings. The minimum absolute atomic E-state index is 0. The highest BCUT2D eigenvalue weighted by molar-refractivity contribution is 9.10. The van der Waals surface area contributed by atoms with Crippen LogP contribution in [0, 0.1) is 5.92 Å². The summed E-state index contributed by atoms with van der Waals surface area (Å²) in [6.07, 6.45) is 0.129. The topological polar surface area (TPSA) is 67.4 Å². The van der Waals surface area contributed by atoms with Crippen LogP contribution in [0.2, 0.25) is 0 Å². The molecular formula is C14H18BrClN2O3. The maximum Gasteiger partial charge on any atom is 0.307 e. The van der Waals surface area contributed by atoms with Crippen LogP contribution in [-0.4, -0.2) is 32.1 Å². The van der Waals surface area contributed by atoms with E-state index in [1.807, 2.05) is 24.3 Å². The second kappa shape index (κ2) is 8.36. The van der Waals surface area contributed by atoms with E-state index in [9.17, 15) is 9.59 Å². The van der Waals surface area contributed by atoms with Crippen LogP contribution in [-0.2, 0) is 14.3 Å². The van der Waals surface area contributed by atoms with Crippen molar-refractivity contribution in [2.75, 3.05) is 20.2 Å². The fraction of sp³-hybridized carbons (Fsp3) is 0.429. The molecular weight excluding hydrogens is 360 g/mol. The number of carbonyl (C=O) groups excluding carboxylic acids is 2. The minimum atomic E-state index is -0.358. The van der Waals surface area contributed by atoms with Gasteiger partial charge in [-0.3, -0.25) is 9.59 Å². The van der Waals surface area contributed by atoms with Gasteiger partial charge in [-0.05, 0) is 17.7 Å². The molecule has 0 saturated carbocycles. The van der Waals surface area contributed by atoms with E-state index in [4.69, 9.17) is 4.74 Å². The van der Waals surface area contributed by atoms with E-state index in [0.717, 1.165) is 10.0 Å². The minimum Gasteiger partial charge on any atom is -0.469 e. The van der Waals surface area contributed by atoms with Gasteiger partial charge in [0, 0.05) is 17.6 Å². The lowest BCUT2D eigenvalue weighted by molar-refractivity contribution is -0.141. The Labute approximate surface area is 138 Å². The number of amides is 1. The molecule has 2 rings (SSSR count). The first-order valence-corrected chi connectivity index (χ1v) is 7.23. The molecule has 1 aromatic carbocycles. The Morgan fingerprint density at radius 2 is 2.00 bits per heavy atom. The predicted molar refractivity (Wildman–Crippen MR) is 85.3 cm³/mol. The number of benzene rings is 1. The van der Waals surface area contributed by atoms with Crippen molar-refractivity contribution in [3.05, 3.63) is 34.3 Å². The molecule has 5 nitrogen and oxygen atoms in total. The highest BCUT2D eigenvalue weighted by Gasteiger charge is 2.28. The molecule has 1 unspecified atom stereocenters. The standard InChI is InChI=1S/C14H17BrN2O3.ClH/c1-20-13(18)6-12(9-2-4-11(15)5-3-9)17-14(19)10-7-16-8-10;/h2-5,10,12,16H,6-8H2,1H3,(H,17,19);1H. The third kappa shape index (κ3) is 4.98. The summed E-state index contributed by atoms with van der Waals surface area (Å²) >= 11 is 3.37. The van der Waals surface area contributed by atoms with E-state index in [1.54, 1.807) is 0 Å². The van der Waals surface area contributed by atoms with Crippen LogP contribution >= 0.6 is 28.3 Å². The zero-order valence-corrected chi connectivity index (χ0v) is 14.0. The molecule has 1 aromatic rings. The van der Waals surface area contributed by atoms with Gasteiger partial charge in [-0.1, -0.05) is 28.1 Å². The Balaban J connectivity index is 0.00000220. The highest BCUT2D eigenvalue weighted by atomic mass is 79.9. The van der Waals surface area contributed by atoms with Crippen LogP contribution in [0.3, 0.4) is 0 Å². The smallest absolute Gasteiger partial charge is 0.307 e. The average Bonchev–Trinajstić information content (AvgIpc) is 2.36. The molecule has 0 spiro atoms. The quantitative estimate of drug-likeness (QED) is 0.768. The Hall–Kier alpha value is -1.11. The van der Waals surface area contributed by atoms with Gasteiger partial charge in [0.2, 0.25) is 5.91 Å². The third-order valence-corrected chi connectivity index (χ3v) is 3.87. The number of rotatable bonds is 5. The fourth-order valence-electron chi connectivity index (χ4n) is 1.96. The zero-order valence-electron chi connectivity index (χ0n) is 11.6. The van der Waals surface area contributed by atoms with Crippen molar-refractivity contribution in [2.24, 2.45) is 5.92 Å². The normalized spacial score (nSPS) is 15.3. The van der Waals surface area contributed by atoms with Gasteiger partial charge in [0.05, 0.1) is 25.5 Å². The molecule has 0 aromatic heterocycles. The summed E-state index contributed by atoms with van der Waals surface area (Å²) in [6, 6.07) is 7.19. The summed E-state index contributed by atoms with van der Waals surface area (Å²) in [5.74, 6) is -0.379. The Bertz CT molecular complexity index is 491. The molecule has 21 heavy (non-hydrogen) atoms. The van der Waals surface area contributed by atoms with Crippen LogP contribution in [0.15, 0.2) is 28.7 Å². The van der Waals surface area contributed by atoms with Gasteiger partial charge in [-0.15, -0.1) is 12.4 Å². The monoisotopic (exact) mass is 376 g/mol. The maximum atomic E-state index is 12.0. The number of esters is 1. The van der Waals surface area contributed by atoms with Crippen LogP contribution < -0.4 is 10.6 Å². The van der Waals surface area contributed by atoms with Crippen molar-refractivity contribution < 1.29 is 14.3 Å². The van der Waals surface area contributed by atoms with Crippen molar-refractivity contribution in [3.8, 4) is 0 Å². The largest absolute Gasteiger partial charge is 0.469 e. The molecule has 0 radical (unpaired) electrons. The molecule has 0 aliphatic carbocycles. The van der Waals surface area contributed by atoms with Crippen molar-refractivity contribution in [2.45, 2.75) is 12.5 Å². The number of nitrogens with one attached hydrogen (secondary N) is 2. The second-order valence-corrected chi connectivity index (χ2v) is 5.66. The summed E-state index contributed by atoms with van der Waals surface area (Å²) in [6.45, 7) is 1.38. The van der Waals surface area contributed by atoms with Gasteiger partial charge in [-0.25, -0.2) is 0 Å². The van der Waals surface area contributed by atoms with E-state index >= 15 is 0 Å². The predicted octanol–water partition coefficient (Wildman–Crippen LogP) is 1.81. The molecule has 1 amide bonds. The number of ether oxygens (including phenoxy) is 1. The summed E-state index contributed by atoms with van der Waals surface area (Å²) < 4.78 is 5.65. The lowest BCUT2D eigenvalue weighted by Crippen LogP contribution is -2.51. The highest BCUT2D eigenvalue weighted by Crippen LogP contribution is 2.21. The van der Waals surface area contributed by atoms with Gasteiger partial charge >= 0.3 is 5.97 Å². The summed E-state index contributed by atoms with van der Waals surface area (Å²) in [4.78, 5) is 23.5. The molecule has 116 valence electrons. The van der Waals surface area contributed by atoms with Crippen LogP contribution in [0.25, 0.3) is 0 Å². The number of halogens is 2. The lowest BCUT2D eigenvalue weighted by atomic mass is 9.99. The number of carbonyl (C=O) groups is 2. The Morgan fingerprint density at radius 1 is 1.38 bits per heavy atom. The first-order valence-electron chi connectivity index (χ1n) is 6.43. The second-order valence-electron chi connectivity index (χ2n) is 4.75. The van der Waals surface area contributed by atoms with Gasteiger partial charge in [0.25, 0.3) is 0 Å². The van der Waals surface area contributed by atoms with Crippen LogP contribution in [0.5, 0.6) is 0 Å². The Kier molecular flexibility index (Phi) is 7.14. The van der Waals surface area contributed by atoms with Crippen molar-refractivity contribution in [3.63, 3.8) is 0 Å². The van der Waals surface area contributed by atoms with Crippen molar-refractivity contribution in [1.82, 2.24) is 10.6 Å². The molecule has 1 heterocycles. The van der Waals surface area contributed by atoms with Crippen molar-refractivity contribution >= 4 is 40.2 Å². The number of hydrogen-bond donors (Lipinski definition) is 2. The first kappa shape index (κ1) is 17.9. The average molecular weight is 378 g/mol. The SMILES string of the molecule is COC(=O)CC(NC(=O)C1CNC1)c1ccc(Br)cc1.Cl. The first-order chi connectivity index (χ1) is 9.60. The van der Waals surface area contributed by atoms with Crippen LogP contribution in [0.4, 0.5) is 0 Å². The zero-order chi connectivity index (χ0) is 14.5. The number of hydrogen-bond acceptors (Lipinski definition) is 4. The molecule has 2 N–H and O–H groups in total. The maximum absolute atomic E-state index is 12.0. The van der Waals surface area contributed by atoms with Crippen LogP contribution in [0.1, 0.15) is 18.0 Å². The fourth-order valence-corrected chi connectivity index (χ4v) is 2.23. The summed E-state index contributed by atoms with van der Waals surface area (Å²) in [5.41, 5.74) is 0.888. The van der Waals surface area contributed by atoms with Gasteiger partial charge in [-0.2, -0.15) is 0 Å². The Morgan fingerprint density at radius 3 is 2.48 bits per heavy atom. The number of methoxy groups -OCH3 is 1. The summed E-state index contributed by atoms with van der Waals surface area (Å²) in [7, 11) is 1.35. The summed E-state index contributed by atoms with van der Waals surface area (Å²) in [5, 5.41) is 5.98. The molecule has 1 saturated heterocycles. The molecule has 0 bridgehead atoms. The van der Waals surface area contributed by atoms with E-state index in [0.29, 0.717) is 13.1 Å². The molecule has 1 fully saturated rings. The molecule has 1 atom stereocenters. The van der Waals surface area contributed by atoms with E-state index in [1.165, 1.54) is 7.11 Å². The third-order valence-electron chi connectivity index (χ3n) is 3.34. The molecule has 1 aliphatic heterocycles. The lowest BCUT2D eigenvalue weighted by Gasteiger charge is -2.28. The van der Waals surface area contributed by atoms with E-state index in [2.05, 4.69) is 26.6 Å². The molecule has 7 heteroatoms. The van der Waals surface area contributed by atoms with Gasteiger partial charge < -0.3 is 15.4 Å². The van der Waals surface area contributed by atoms with E-state index < -0.39 is 0 Å². The van der Waals surface area contributed by atoms with E-state index in [-0.39, 0.29) is 42.7 Å².